The highest BCUT2D eigenvalue weighted by Gasteiger charge is 2.30. The summed E-state index contributed by atoms with van der Waals surface area (Å²) >= 11 is 0. The molecule has 140 valence electrons. The van der Waals surface area contributed by atoms with E-state index in [1.165, 1.54) is 12.1 Å². The number of halogens is 4. The summed E-state index contributed by atoms with van der Waals surface area (Å²) in [5.74, 6) is -0.283. The molecular formula is C19H20ClF3N2O. The van der Waals surface area contributed by atoms with Crippen molar-refractivity contribution in [1.82, 2.24) is 5.32 Å². The van der Waals surface area contributed by atoms with E-state index < -0.39 is 11.7 Å². The number of fused-ring (bicyclic) bond motifs is 1. The van der Waals surface area contributed by atoms with Gasteiger partial charge in [0.2, 0.25) is 5.91 Å². The standard InChI is InChI=1S/C19H19F3N2O.ClH/c20-19(21,22)14-5-1-3-12(9-14)10-18(25)24-17-6-2-4-13-11-15(23)7-8-16(13)17;/h1,3,5,7-9,11,17H,2,4,6,10,23H2,(H,24,25);1H. The van der Waals surface area contributed by atoms with E-state index in [4.69, 9.17) is 5.73 Å². The number of rotatable bonds is 3. The monoisotopic (exact) mass is 384 g/mol. The normalized spacial score (nSPS) is 16.3. The van der Waals surface area contributed by atoms with Crippen molar-refractivity contribution in [2.24, 2.45) is 0 Å². The number of nitrogens with two attached hydrogens (primary N) is 1. The first-order valence-corrected chi connectivity index (χ1v) is 8.17. The number of nitrogens with one attached hydrogen (secondary N) is 1. The number of carbonyl (C=O) groups excluding carboxylic acids is 1. The Morgan fingerprint density at radius 3 is 2.69 bits per heavy atom. The molecule has 1 aliphatic carbocycles. The predicted octanol–water partition coefficient (Wildman–Crippen LogP) is 4.45. The molecule has 0 bridgehead atoms. The van der Waals surface area contributed by atoms with Crippen LogP contribution in [0.15, 0.2) is 42.5 Å². The van der Waals surface area contributed by atoms with Crippen molar-refractivity contribution >= 4 is 24.0 Å². The van der Waals surface area contributed by atoms with Gasteiger partial charge in [0.05, 0.1) is 18.0 Å². The molecule has 1 atom stereocenters. The van der Waals surface area contributed by atoms with Crippen molar-refractivity contribution in [1.29, 1.82) is 0 Å². The van der Waals surface area contributed by atoms with Crippen LogP contribution in [0.4, 0.5) is 18.9 Å². The quantitative estimate of drug-likeness (QED) is 0.768. The minimum Gasteiger partial charge on any atom is -0.399 e. The van der Waals surface area contributed by atoms with Crippen LogP contribution >= 0.6 is 12.4 Å². The zero-order valence-corrected chi connectivity index (χ0v) is 14.8. The van der Waals surface area contributed by atoms with E-state index in [9.17, 15) is 18.0 Å². The molecule has 0 saturated carbocycles. The Morgan fingerprint density at radius 2 is 1.96 bits per heavy atom. The van der Waals surface area contributed by atoms with E-state index in [1.54, 1.807) is 6.07 Å². The van der Waals surface area contributed by atoms with Gasteiger partial charge in [0.1, 0.15) is 0 Å². The molecule has 2 aromatic rings. The molecule has 1 amide bonds. The summed E-state index contributed by atoms with van der Waals surface area (Å²) in [7, 11) is 0. The van der Waals surface area contributed by atoms with E-state index in [2.05, 4.69) is 5.32 Å². The molecule has 0 aromatic heterocycles. The van der Waals surface area contributed by atoms with Crippen LogP contribution in [0.5, 0.6) is 0 Å². The summed E-state index contributed by atoms with van der Waals surface area (Å²) in [6.07, 6.45) is -1.82. The van der Waals surface area contributed by atoms with Gasteiger partial charge >= 0.3 is 6.18 Å². The van der Waals surface area contributed by atoms with Gasteiger partial charge in [-0.25, -0.2) is 0 Å². The van der Waals surface area contributed by atoms with Crippen molar-refractivity contribution in [3.63, 3.8) is 0 Å². The van der Waals surface area contributed by atoms with Crippen molar-refractivity contribution in [3.8, 4) is 0 Å². The lowest BCUT2D eigenvalue weighted by Crippen LogP contribution is -2.32. The average molecular weight is 385 g/mol. The van der Waals surface area contributed by atoms with Crippen LogP contribution in [0.2, 0.25) is 0 Å². The minimum absolute atomic E-state index is 0. The summed E-state index contributed by atoms with van der Waals surface area (Å²) in [5.41, 5.74) is 8.26. The Morgan fingerprint density at radius 1 is 1.19 bits per heavy atom. The third-order valence-electron chi connectivity index (χ3n) is 4.44. The lowest BCUT2D eigenvalue weighted by atomic mass is 9.87. The Labute approximate surface area is 156 Å². The first kappa shape index (κ1) is 20.1. The maximum atomic E-state index is 12.8. The molecule has 26 heavy (non-hydrogen) atoms. The van der Waals surface area contributed by atoms with E-state index in [1.807, 2.05) is 12.1 Å². The molecule has 0 heterocycles. The summed E-state index contributed by atoms with van der Waals surface area (Å²) in [6.45, 7) is 0. The van der Waals surface area contributed by atoms with E-state index >= 15 is 0 Å². The highest BCUT2D eigenvalue weighted by atomic mass is 35.5. The molecule has 0 radical (unpaired) electrons. The zero-order valence-electron chi connectivity index (χ0n) is 14.0. The van der Waals surface area contributed by atoms with Gasteiger partial charge < -0.3 is 11.1 Å². The third kappa shape index (κ3) is 4.69. The molecule has 3 N–H and O–H groups in total. The summed E-state index contributed by atoms with van der Waals surface area (Å²) < 4.78 is 38.3. The number of aryl methyl sites for hydroxylation is 1. The maximum Gasteiger partial charge on any atom is 0.416 e. The molecule has 3 nitrogen and oxygen atoms in total. The fraction of sp³-hybridized carbons (Fsp3) is 0.316. The number of anilines is 1. The molecule has 7 heteroatoms. The molecule has 1 unspecified atom stereocenters. The van der Waals surface area contributed by atoms with Crippen LogP contribution < -0.4 is 11.1 Å². The summed E-state index contributed by atoms with van der Waals surface area (Å²) in [4.78, 5) is 12.3. The van der Waals surface area contributed by atoms with Gasteiger partial charge in [-0.15, -0.1) is 12.4 Å². The smallest absolute Gasteiger partial charge is 0.399 e. The molecule has 0 saturated heterocycles. The number of hydrogen-bond donors (Lipinski definition) is 2. The Balaban J connectivity index is 0.00000243. The van der Waals surface area contributed by atoms with Crippen molar-refractivity contribution < 1.29 is 18.0 Å². The molecule has 2 aromatic carbocycles. The lowest BCUT2D eigenvalue weighted by molar-refractivity contribution is -0.137. The number of carbonyl (C=O) groups is 1. The molecule has 0 aliphatic heterocycles. The van der Waals surface area contributed by atoms with Gasteiger partial charge in [-0.1, -0.05) is 24.3 Å². The van der Waals surface area contributed by atoms with Crippen molar-refractivity contribution in [2.45, 2.75) is 37.9 Å². The SMILES string of the molecule is Cl.Nc1ccc2c(c1)CCCC2NC(=O)Cc1cccc(C(F)(F)F)c1. The fourth-order valence-electron chi connectivity index (χ4n) is 3.27. The summed E-state index contributed by atoms with van der Waals surface area (Å²) in [6, 6.07) is 10.4. The van der Waals surface area contributed by atoms with Crippen LogP contribution in [0.3, 0.4) is 0 Å². The minimum atomic E-state index is -4.41. The van der Waals surface area contributed by atoms with Crippen molar-refractivity contribution in [2.75, 3.05) is 5.73 Å². The maximum absolute atomic E-state index is 12.8. The number of amides is 1. The first-order chi connectivity index (χ1) is 11.8. The number of alkyl halides is 3. The first-order valence-electron chi connectivity index (χ1n) is 8.17. The van der Waals surface area contributed by atoms with Gasteiger partial charge in [0.25, 0.3) is 0 Å². The largest absolute Gasteiger partial charge is 0.416 e. The number of nitrogen functional groups attached to an aromatic ring is 1. The third-order valence-corrected chi connectivity index (χ3v) is 4.44. The van der Waals surface area contributed by atoms with Gasteiger partial charge in [-0.3, -0.25) is 4.79 Å². The van der Waals surface area contributed by atoms with Crippen LogP contribution in [-0.4, -0.2) is 5.91 Å². The molecule has 3 rings (SSSR count). The molecular weight excluding hydrogens is 365 g/mol. The second-order valence-electron chi connectivity index (χ2n) is 6.35. The topological polar surface area (TPSA) is 55.1 Å². The zero-order chi connectivity index (χ0) is 18.0. The predicted molar refractivity (Wildman–Crippen MR) is 97.1 cm³/mol. The van der Waals surface area contributed by atoms with Gasteiger partial charge in [-0.05, 0) is 54.2 Å². The van der Waals surface area contributed by atoms with Gasteiger partial charge in [-0.2, -0.15) is 13.2 Å². The van der Waals surface area contributed by atoms with E-state index in [-0.39, 0.29) is 30.8 Å². The van der Waals surface area contributed by atoms with Crippen LogP contribution in [-0.2, 0) is 23.8 Å². The van der Waals surface area contributed by atoms with Crippen LogP contribution in [0.25, 0.3) is 0 Å². The van der Waals surface area contributed by atoms with Crippen LogP contribution in [0.1, 0.15) is 41.1 Å². The second kappa shape index (κ2) is 7.99. The Bertz CT molecular complexity index is 793. The van der Waals surface area contributed by atoms with Crippen LogP contribution in [0, 0.1) is 0 Å². The number of benzene rings is 2. The van der Waals surface area contributed by atoms with Gasteiger partial charge in [0, 0.05) is 5.69 Å². The van der Waals surface area contributed by atoms with Gasteiger partial charge in [0.15, 0.2) is 0 Å². The van der Waals surface area contributed by atoms with E-state index in [0.29, 0.717) is 11.3 Å². The van der Waals surface area contributed by atoms with Crippen molar-refractivity contribution in [3.05, 3.63) is 64.7 Å². The Kier molecular flexibility index (Phi) is 6.18. The molecule has 0 fully saturated rings. The molecule has 1 aliphatic rings. The second-order valence-corrected chi connectivity index (χ2v) is 6.35. The molecule has 0 spiro atoms. The lowest BCUT2D eigenvalue weighted by Gasteiger charge is -2.26. The fourth-order valence-corrected chi connectivity index (χ4v) is 3.27. The number of hydrogen-bond acceptors (Lipinski definition) is 2. The Hall–Kier alpha value is -2.21. The average Bonchev–Trinajstić information content (AvgIpc) is 2.54. The van der Waals surface area contributed by atoms with E-state index in [0.717, 1.165) is 42.5 Å². The summed E-state index contributed by atoms with van der Waals surface area (Å²) in [5, 5.41) is 2.94. The highest BCUT2D eigenvalue weighted by Crippen LogP contribution is 2.32. The highest BCUT2D eigenvalue weighted by molar-refractivity contribution is 5.85.